The Balaban J connectivity index is 2.33. The van der Waals surface area contributed by atoms with Gasteiger partial charge in [-0.05, 0) is 31.5 Å². The van der Waals surface area contributed by atoms with E-state index in [2.05, 4.69) is 17.0 Å². The van der Waals surface area contributed by atoms with E-state index in [4.69, 9.17) is 0 Å². The van der Waals surface area contributed by atoms with Crippen LogP contribution < -0.4 is 0 Å². The molecule has 1 aliphatic rings. The first-order valence-electron chi connectivity index (χ1n) is 6.72. The van der Waals surface area contributed by atoms with Gasteiger partial charge in [0.1, 0.15) is 0 Å². The second-order valence-electron chi connectivity index (χ2n) is 5.53. The van der Waals surface area contributed by atoms with Gasteiger partial charge in [0.15, 0.2) is 0 Å². The summed E-state index contributed by atoms with van der Waals surface area (Å²) in [5, 5.41) is 19.4. The van der Waals surface area contributed by atoms with Crippen LogP contribution in [-0.2, 0) is 0 Å². The van der Waals surface area contributed by atoms with E-state index in [-0.39, 0.29) is 19.3 Å². The normalized spacial score (nSPS) is 19.1. The second-order valence-corrected chi connectivity index (χ2v) is 5.53. The third kappa shape index (κ3) is 2.58. The molecule has 100 valence electrons. The molecule has 0 saturated carbocycles. The van der Waals surface area contributed by atoms with E-state index >= 15 is 0 Å². The minimum Gasteiger partial charge on any atom is -0.396 e. The van der Waals surface area contributed by atoms with Gasteiger partial charge in [-0.2, -0.15) is 0 Å². The van der Waals surface area contributed by atoms with Crippen LogP contribution in [0.3, 0.4) is 0 Å². The molecule has 0 aliphatic carbocycles. The molecule has 1 saturated heterocycles. The second kappa shape index (κ2) is 5.83. The number of nitrogens with zero attached hydrogens (tertiary/aromatic N) is 1. The van der Waals surface area contributed by atoms with Crippen molar-refractivity contribution in [2.45, 2.75) is 25.8 Å². The summed E-state index contributed by atoms with van der Waals surface area (Å²) in [7, 11) is 0. The highest BCUT2D eigenvalue weighted by Crippen LogP contribution is 2.39. The van der Waals surface area contributed by atoms with Crippen molar-refractivity contribution in [3.63, 3.8) is 0 Å². The lowest BCUT2D eigenvalue weighted by Crippen LogP contribution is -2.43. The van der Waals surface area contributed by atoms with Crippen molar-refractivity contribution in [1.29, 1.82) is 0 Å². The number of hydrogen-bond acceptors (Lipinski definition) is 3. The number of likely N-dealkylation sites (tertiary alicyclic amines) is 1. The number of aliphatic hydroxyl groups excluding tert-OH is 2. The van der Waals surface area contributed by atoms with Crippen molar-refractivity contribution in [2.75, 3.05) is 26.3 Å². The van der Waals surface area contributed by atoms with E-state index in [1.807, 2.05) is 25.1 Å². The smallest absolute Gasteiger partial charge is 0.0525 e. The van der Waals surface area contributed by atoms with Gasteiger partial charge in [0.25, 0.3) is 0 Å². The van der Waals surface area contributed by atoms with Crippen LogP contribution in [0.5, 0.6) is 0 Å². The summed E-state index contributed by atoms with van der Waals surface area (Å²) in [6.45, 7) is 4.06. The fourth-order valence-corrected chi connectivity index (χ4v) is 2.91. The Morgan fingerprint density at radius 2 is 1.67 bits per heavy atom. The average Bonchev–Trinajstić information content (AvgIpc) is 2.93. The molecule has 0 aromatic heterocycles. The molecule has 2 rings (SSSR count). The molecule has 1 atom stereocenters. The summed E-state index contributed by atoms with van der Waals surface area (Å²) in [4.78, 5) is 2.39. The van der Waals surface area contributed by atoms with Crippen LogP contribution in [0.1, 0.15) is 31.4 Å². The fourth-order valence-electron chi connectivity index (χ4n) is 2.91. The number of hydrogen-bond donors (Lipinski definition) is 2. The van der Waals surface area contributed by atoms with Crippen LogP contribution in [0.25, 0.3) is 0 Å². The van der Waals surface area contributed by atoms with Gasteiger partial charge in [0.05, 0.1) is 13.2 Å². The highest BCUT2D eigenvalue weighted by Gasteiger charge is 2.39. The summed E-state index contributed by atoms with van der Waals surface area (Å²) < 4.78 is 0. The molecule has 18 heavy (non-hydrogen) atoms. The quantitative estimate of drug-likeness (QED) is 0.836. The van der Waals surface area contributed by atoms with Crippen molar-refractivity contribution < 1.29 is 10.2 Å². The van der Waals surface area contributed by atoms with Gasteiger partial charge in [-0.1, -0.05) is 37.3 Å². The average molecular weight is 249 g/mol. The van der Waals surface area contributed by atoms with Crippen molar-refractivity contribution in [3.8, 4) is 0 Å². The molecule has 1 unspecified atom stereocenters. The number of benzene rings is 1. The predicted molar refractivity (Wildman–Crippen MR) is 72.3 cm³/mol. The first-order chi connectivity index (χ1) is 8.71. The summed E-state index contributed by atoms with van der Waals surface area (Å²) in [6, 6.07) is 10.3. The highest BCUT2D eigenvalue weighted by molar-refractivity contribution is 5.22. The molecule has 0 spiro atoms. The van der Waals surface area contributed by atoms with E-state index in [1.54, 1.807) is 0 Å². The molecule has 1 aromatic rings. The minimum atomic E-state index is -0.494. The zero-order valence-corrected chi connectivity index (χ0v) is 11.0. The minimum absolute atomic E-state index is 0.000436. The Kier molecular flexibility index (Phi) is 4.38. The maximum absolute atomic E-state index is 9.69. The zero-order valence-electron chi connectivity index (χ0n) is 11.0. The Hall–Kier alpha value is -0.900. The van der Waals surface area contributed by atoms with Crippen LogP contribution in [0.2, 0.25) is 0 Å². The highest BCUT2D eigenvalue weighted by atomic mass is 16.3. The molecule has 1 heterocycles. The third-order valence-corrected chi connectivity index (χ3v) is 4.00. The molecule has 0 bridgehead atoms. The topological polar surface area (TPSA) is 43.7 Å². The van der Waals surface area contributed by atoms with Crippen LogP contribution in [0, 0.1) is 5.41 Å². The standard InChI is InChI=1S/C15H23NO2/c1-15(11-17,12-18)14(16-9-5-6-10-16)13-7-3-2-4-8-13/h2-4,7-8,14,17-18H,5-6,9-12H2,1H3. The van der Waals surface area contributed by atoms with E-state index in [1.165, 1.54) is 18.4 Å². The number of rotatable bonds is 5. The molecule has 0 amide bonds. The van der Waals surface area contributed by atoms with Gasteiger partial charge in [0.2, 0.25) is 0 Å². The van der Waals surface area contributed by atoms with Gasteiger partial charge in [0, 0.05) is 11.5 Å². The van der Waals surface area contributed by atoms with Crippen molar-refractivity contribution in [3.05, 3.63) is 35.9 Å². The maximum atomic E-state index is 9.69. The molecule has 3 heteroatoms. The zero-order chi connectivity index (χ0) is 13.0. The van der Waals surface area contributed by atoms with Gasteiger partial charge in [-0.25, -0.2) is 0 Å². The molecule has 1 aliphatic heterocycles. The van der Waals surface area contributed by atoms with E-state index in [0.29, 0.717) is 0 Å². The maximum Gasteiger partial charge on any atom is 0.0525 e. The SMILES string of the molecule is CC(CO)(CO)C(c1ccccc1)N1CCCC1. The van der Waals surface area contributed by atoms with Gasteiger partial charge >= 0.3 is 0 Å². The monoisotopic (exact) mass is 249 g/mol. The van der Waals surface area contributed by atoms with E-state index in [0.717, 1.165) is 13.1 Å². The van der Waals surface area contributed by atoms with Crippen LogP contribution in [0.15, 0.2) is 30.3 Å². The molecular formula is C15H23NO2. The Labute approximate surface area is 109 Å². The summed E-state index contributed by atoms with van der Waals surface area (Å²) in [5.41, 5.74) is 0.691. The summed E-state index contributed by atoms with van der Waals surface area (Å²) in [5.74, 6) is 0. The lowest BCUT2D eigenvalue weighted by atomic mass is 9.79. The van der Waals surface area contributed by atoms with Crippen molar-refractivity contribution in [1.82, 2.24) is 4.90 Å². The third-order valence-electron chi connectivity index (χ3n) is 4.00. The largest absolute Gasteiger partial charge is 0.396 e. The van der Waals surface area contributed by atoms with Crippen LogP contribution >= 0.6 is 0 Å². The van der Waals surface area contributed by atoms with Crippen molar-refractivity contribution in [2.24, 2.45) is 5.41 Å². The molecular weight excluding hydrogens is 226 g/mol. The molecule has 1 fully saturated rings. The molecule has 0 radical (unpaired) electrons. The van der Waals surface area contributed by atoms with Gasteiger partial charge < -0.3 is 10.2 Å². The van der Waals surface area contributed by atoms with E-state index < -0.39 is 5.41 Å². The van der Waals surface area contributed by atoms with Gasteiger partial charge in [-0.15, -0.1) is 0 Å². The van der Waals surface area contributed by atoms with Gasteiger partial charge in [-0.3, -0.25) is 4.90 Å². The van der Waals surface area contributed by atoms with Crippen LogP contribution in [-0.4, -0.2) is 41.4 Å². The van der Waals surface area contributed by atoms with Crippen molar-refractivity contribution >= 4 is 0 Å². The lowest BCUT2D eigenvalue weighted by Gasteiger charge is -2.41. The molecule has 1 aromatic carbocycles. The first-order valence-corrected chi connectivity index (χ1v) is 6.72. The molecule has 3 nitrogen and oxygen atoms in total. The fraction of sp³-hybridized carbons (Fsp3) is 0.600. The lowest BCUT2D eigenvalue weighted by molar-refractivity contribution is -0.00840. The Morgan fingerprint density at radius 3 is 2.17 bits per heavy atom. The predicted octanol–water partition coefficient (Wildman–Crippen LogP) is 1.81. The Bertz CT molecular complexity index is 356. The summed E-state index contributed by atoms with van der Waals surface area (Å²) in [6.07, 6.45) is 2.41. The Morgan fingerprint density at radius 1 is 1.11 bits per heavy atom. The van der Waals surface area contributed by atoms with Crippen LogP contribution in [0.4, 0.5) is 0 Å². The first kappa shape index (κ1) is 13.5. The van der Waals surface area contributed by atoms with E-state index in [9.17, 15) is 10.2 Å². The summed E-state index contributed by atoms with van der Waals surface area (Å²) >= 11 is 0. The number of aliphatic hydroxyl groups is 2. The molecule has 2 N–H and O–H groups in total.